The molecule has 0 radical (unpaired) electrons. The van der Waals surface area contributed by atoms with Crippen molar-refractivity contribution in [3.63, 3.8) is 0 Å². The number of aryl methyl sites for hydroxylation is 9. The Bertz CT molecular complexity index is 3090. The summed E-state index contributed by atoms with van der Waals surface area (Å²) >= 11 is 0. The van der Waals surface area contributed by atoms with Crippen molar-refractivity contribution in [3.8, 4) is 0 Å². The fraction of sp³-hybridized carbons (Fsp3) is 0.415. The molecule has 0 spiro atoms. The fourth-order valence-electron chi connectivity index (χ4n) is 10.6. The van der Waals surface area contributed by atoms with E-state index < -0.39 is 50.8 Å². The third-order valence-electron chi connectivity index (χ3n) is 14.7. The van der Waals surface area contributed by atoms with E-state index in [9.17, 15) is 14.2 Å². The third-order valence-corrected chi connectivity index (χ3v) is 22.2. The maximum absolute atomic E-state index is 15.4. The Morgan fingerprint density at radius 1 is 0.443 bits per heavy atom. The van der Waals surface area contributed by atoms with Gasteiger partial charge in [-0.05, 0) is 164 Å². The maximum Gasteiger partial charge on any atom is 0.301 e. The van der Waals surface area contributed by atoms with Gasteiger partial charge >= 0.3 is 14.7 Å². The number of rotatable bonds is 31. The molecule has 0 fully saturated rings. The zero-order valence-electron chi connectivity index (χ0n) is 48.6. The van der Waals surface area contributed by atoms with E-state index in [1.54, 1.807) is 54.6 Å². The molecule has 0 aliphatic heterocycles. The topological polar surface area (TPSA) is 141 Å². The third kappa shape index (κ3) is 15.6. The molecule has 0 aliphatic rings. The van der Waals surface area contributed by atoms with Gasteiger partial charge in [0.1, 0.15) is 0 Å². The van der Waals surface area contributed by atoms with Gasteiger partial charge in [-0.1, -0.05) is 128 Å². The van der Waals surface area contributed by atoms with Gasteiger partial charge in [0.2, 0.25) is 0 Å². The van der Waals surface area contributed by atoms with E-state index in [2.05, 4.69) is 0 Å². The Morgan fingerprint density at radius 3 is 1.20 bits per heavy atom. The van der Waals surface area contributed by atoms with Crippen molar-refractivity contribution in [1.82, 2.24) is 0 Å². The Hall–Kier alpha value is -4.89. The Morgan fingerprint density at radius 2 is 0.797 bits per heavy atom. The van der Waals surface area contributed by atoms with Crippen molar-refractivity contribution in [2.45, 2.75) is 127 Å². The molecule has 11 nitrogen and oxygen atoms in total. The van der Waals surface area contributed by atoms with Gasteiger partial charge in [0.05, 0.1) is 45.2 Å². The minimum Gasteiger partial charge on any atom is -0.381 e. The molecule has 424 valence electrons. The van der Waals surface area contributed by atoms with Gasteiger partial charge in [0.25, 0.3) is 18.4 Å². The Kier molecular flexibility index (Phi) is 23.0. The smallest absolute Gasteiger partial charge is 0.301 e. The highest BCUT2D eigenvalue weighted by atomic mass is 31.2. The fourth-order valence-corrected chi connectivity index (χ4v) is 17.8. The average molecular weight is 1130 g/mol. The van der Waals surface area contributed by atoms with E-state index in [1.165, 1.54) is 0 Å². The van der Waals surface area contributed by atoms with Gasteiger partial charge in [0.15, 0.2) is 0 Å². The van der Waals surface area contributed by atoms with Crippen molar-refractivity contribution in [1.29, 1.82) is 0 Å². The first kappa shape index (κ1) is 63.3. The van der Waals surface area contributed by atoms with Gasteiger partial charge in [-0.25, -0.2) is 0 Å². The zero-order chi connectivity index (χ0) is 57.5. The molecule has 6 atom stereocenters. The normalized spacial score (nSPS) is 15.5. The Balaban J connectivity index is 1.19. The van der Waals surface area contributed by atoms with Crippen LogP contribution in [0, 0.1) is 67.7 Å². The van der Waals surface area contributed by atoms with Crippen LogP contribution in [0.25, 0.3) is 0 Å². The molecule has 0 aromatic heterocycles. The first-order valence-electron chi connectivity index (χ1n) is 27.7. The molecular weight excluding hydrogens is 1050 g/mol. The molecule has 79 heavy (non-hydrogen) atoms. The number of ether oxygens (including phenoxy) is 3. The Labute approximate surface area is 470 Å². The standard InChI is InChI=1S/C65H83O11P3/c1-13-55(75-77(68,57-25-19-16-20-26-57)62-53(11)41-48(6)42-54(62)12)31-33-71-43-65(15-3,45-73-35-36-74-78(69,58-27-21-17-22-28-58)63(66)60-49(7)37-46(4)38-50(60)8)44-72-34-32-56(14-2)76-79(70,59-29-23-18-24-30-59)64(67)61-51(9)39-47(5)40-52(61)10/h16-30,37-42,55-56H,13-15,31-36,43-45H2,1-12H3. The van der Waals surface area contributed by atoms with Gasteiger partial charge < -0.3 is 27.8 Å². The second-order valence-corrected chi connectivity index (χ2v) is 28.1. The lowest BCUT2D eigenvalue weighted by Crippen LogP contribution is -2.38. The average Bonchev–Trinajstić information content (AvgIpc) is 3.45. The van der Waals surface area contributed by atoms with Gasteiger partial charge in [0, 0.05) is 51.0 Å². The lowest BCUT2D eigenvalue weighted by atomic mass is 9.88. The van der Waals surface area contributed by atoms with E-state index >= 15 is 9.13 Å². The summed E-state index contributed by atoms with van der Waals surface area (Å²) < 4.78 is 84.3. The van der Waals surface area contributed by atoms with Crippen LogP contribution >= 0.6 is 22.1 Å². The van der Waals surface area contributed by atoms with Crippen LogP contribution in [0.15, 0.2) is 127 Å². The summed E-state index contributed by atoms with van der Waals surface area (Å²) in [5.41, 5.74) is 6.89. The quantitative estimate of drug-likeness (QED) is 0.0303. The van der Waals surface area contributed by atoms with E-state index in [1.807, 2.05) is 156 Å². The summed E-state index contributed by atoms with van der Waals surface area (Å²) in [6, 6.07) is 38.5. The van der Waals surface area contributed by atoms with Gasteiger partial charge in [-0.3, -0.25) is 23.3 Å². The van der Waals surface area contributed by atoms with Crippen molar-refractivity contribution in [2.24, 2.45) is 5.41 Å². The molecule has 0 saturated carbocycles. The van der Waals surface area contributed by atoms with Crippen LogP contribution in [-0.2, 0) is 41.5 Å². The van der Waals surface area contributed by atoms with E-state index in [0.29, 0.717) is 65.8 Å². The number of hydrogen-bond acceptors (Lipinski definition) is 11. The molecule has 0 saturated heterocycles. The molecule has 0 amide bonds. The summed E-state index contributed by atoms with van der Waals surface area (Å²) in [6.45, 7) is 24.3. The number of carbonyl (C=O) groups excluding carboxylic acids is 2. The van der Waals surface area contributed by atoms with Crippen molar-refractivity contribution in [3.05, 3.63) is 189 Å². The van der Waals surface area contributed by atoms with Crippen LogP contribution in [0.1, 0.15) is 124 Å². The molecule has 0 aliphatic carbocycles. The van der Waals surface area contributed by atoms with E-state index in [0.717, 1.165) is 55.4 Å². The predicted octanol–water partition coefficient (Wildman–Crippen LogP) is 14.4. The van der Waals surface area contributed by atoms with Crippen LogP contribution in [0.5, 0.6) is 0 Å². The number of hydrogen-bond donors (Lipinski definition) is 0. The number of carbonyl (C=O) groups is 2. The summed E-state index contributed by atoms with van der Waals surface area (Å²) in [5, 5.41) is 2.01. The summed E-state index contributed by atoms with van der Waals surface area (Å²) in [6.07, 6.45) is 1.48. The minimum atomic E-state index is -4.10. The summed E-state index contributed by atoms with van der Waals surface area (Å²) in [4.78, 5) is 28.8. The van der Waals surface area contributed by atoms with Gasteiger partial charge in [-0.15, -0.1) is 0 Å². The minimum absolute atomic E-state index is 0.0184. The van der Waals surface area contributed by atoms with Gasteiger partial charge in [-0.2, -0.15) is 0 Å². The molecule has 0 bridgehead atoms. The van der Waals surface area contributed by atoms with Crippen molar-refractivity contribution >= 4 is 54.4 Å². The first-order valence-corrected chi connectivity index (χ1v) is 32.6. The lowest BCUT2D eigenvalue weighted by molar-refractivity contribution is -0.0786. The van der Waals surface area contributed by atoms with E-state index in [-0.39, 0.29) is 39.6 Å². The molecule has 6 aromatic carbocycles. The predicted molar refractivity (Wildman–Crippen MR) is 322 cm³/mol. The highest BCUT2D eigenvalue weighted by Crippen LogP contribution is 2.53. The van der Waals surface area contributed by atoms with Crippen molar-refractivity contribution in [2.75, 3.05) is 46.2 Å². The van der Waals surface area contributed by atoms with Crippen molar-refractivity contribution < 1.29 is 51.1 Å². The zero-order valence-corrected chi connectivity index (χ0v) is 51.3. The SMILES string of the molecule is CCC(CCOCC(CC)(COCCOP(=O)(C(=O)c1c(C)cc(C)cc1C)c1ccccc1)COCCC(CC)OP(=O)(c1ccccc1)c1c(C)cc(C)cc1C)OP(=O)(C(=O)c1c(C)cc(C)cc1C)c1ccccc1. The van der Waals surface area contributed by atoms with E-state index in [4.69, 9.17) is 27.8 Å². The number of benzene rings is 6. The molecule has 6 aromatic rings. The molecule has 6 unspecified atom stereocenters. The van der Waals surface area contributed by atoms with Crippen LogP contribution in [0.2, 0.25) is 0 Å². The largest absolute Gasteiger partial charge is 0.381 e. The second kappa shape index (κ2) is 28.7. The monoisotopic (exact) mass is 1130 g/mol. The van der Waals surface area contributed by atoms with Crippen LogP contribution in [0.4, 0.5) is 0 Å². The first-order chi connectivity index (χ1) is 37.6. The molecule has 0 heterocycles. The maximum atomic E-state index is 15.4. The summed E-state index contributed by atoms with van der Waals surface area (Å²) in [7, 11) is -11.7. The molecule has 6 rings (SSSR count). The molecule has 14 heteroatoms. The van der Waals surface area contributed by atoms with Crippen LogP contribution in [-0.4, -0.2) is 69.5 Å². The highest BCUT2D eigenvalue weighted by molar-refractivity contribution is 7.84. The van der Waals surface area contributed by atoms with Crippen LogP contribution in [0.3, 0.4) is 0 Å². The lowest BCUT2D eigenvalue weighted by Gasteiger charge is -2.33. The van der Waals surface area contributed by atoms with Crippen LogP contribution < -0.4 is 21.2 Å². The summed E-state index contributed by atoms with van der Waals surface area (Å²) in [5.74, 6) is 0. The molecule has 0 N–H and O–H groups in total. The molecular formula is C65H83O11P3. The highest BCUT2D eigenvalue weighted by Gasteiger charge is 2.41. The second-order valence-electron chi connectivity index (χ2n) is 21.3.